The third-order valence-electron chi connectivity index (χ3n) is 3.16. The van der Waals surface area contributed by atoms with E-state index in [0.717, 1.165) is 25.8 Å². The number of nitrogens with one attached hydrogen (secondary N) is 1. The highest BCUT2D eigenvalue weighted by molar-refractivity contribution is 5.33. The van der Waals surface area contributed by atoms with Gasteiger partial charge < -0.3 is 10.4 Å². The van der Waals surface area contributed by atoms with Gasteiger partial charge in [0.2, 0.25) is 0 Å². The number of halogens is 1. The van der Waals surface area contributed by atoms with E-state index in [4.69, 9.17) is 10.4 Å². The first-order chi connectivity index (χ1) is 9.21. The Morgan fingerprint density at radius 2 is 2.21 bits per heavy atom. The topological polar surface area (TPSA) is 56.0 Å². The number of nitrogens with zero attached hydrogens (tertiary/aromatic N) is 1. The van der Waals surface area contributed by atoms with Gasteiger partial charge in [-0.25, -0.2) is 4.39 Å². The molecule has 0 bridgehead atoms. The van der Waals surface area contributed by atoms with Gasteiger partial charge in [0, 0.05) is 18.7 Å². The zero-order chi connectivity index (χ0) is 14.1. The van der Waals surface area contributed by atoms with Crippen LogP contribution in [0, 0.1) is 23.1 Å². The summed E-state index contributed by atoms with van der Waals surface area (Å²) in [7, 11) is 0. The molecule has 2 N–H and O–H groups in total. The van der Waals surface area contributed by atoms with Crippen molar-refractivity contribution in [2.75, 3.05) is 13.2 Å². The Morgan fingerprint density at radius 3 is 2.84 bits per heavy atom. The summed E-state index contributed by atoms with van der Waals surface area (Å²) in [4.78, 5) is 0. The van der Waals surface area contributed by atoms with Crippen LogP contribution in [0.4, 0.5) is 4.39 Å². The third-order valence-corrected chi connectivity index (χ3v) is 3.16. The summed E-state index contributed by atoms with van der Waals surface area (Å²) in [5.74, 6) is 0.123. The van der Waals surface area contributed by atoms with Gasteiger partial charge in [0.15, 0.2) is 0 Å². The van der Waals surface area contributed by atoms with Crippen LogP contribution < -0.4 is 5.32 Å². The van der Waals surface area contributed by atoms with Crippen LogP contribution >= 0.6 is 0 Å². The monoisotopic (exact) mass is 264 g/mol. The molecule has 0 amide bonds. The number of benzene rings is 1. The van der Waals surface area contributed by atoms with E-state index in [2.05, 4.69) is 12.2 Å². The molecule has 1 aromatic rings. The molecule has 1 aromatic carbocycles. The van der Waals surface area contributed by atoms with E-state index in [1.807, 2.05) is 6.07 Å². The van der Waals surface area contributed by atoms with Gasteiger partial charge in [-0.15, -0.1) is 0 Å². The van der Waals surface area contributed by atoms with Gasteiger partial charge in [-0.3, -0.25) is 0 Å². The lowest BCUT2D eigenvalue weighted by Gasteiger charge is -2.15. The molecule has 0 aliphatic heterocycles. The molecule has 0 spiro atoms. The summed E-state index contributed by atoms with van der Waals surface area (Å²) in [6.07, 6.45) is 2.89. The molecule has 1 rings (SSSR count). The molecule has 0 saturated carbocycles. The molecular weight excluding hydrogens is 243 g/mol. The Morgan fingerprint density at radius 1 is 1.42 bits per heavy atom. The van der Waals surface area contributed by atoms with E-state index in [9.17, 15) is 4.39 Å². The zero-order valence-electron chi connectivity index (χ0n) is 11.3. The molecule has 0 aliphatic rings. The molecule has 0 aliphatic carbocycles. The number of rotatable bonds is 8. The maximum atomic E-state index is 13.5. The van der Waals surface area contributed by atoms with Crippen LogP contribution in [0.5, 0.6) is 0 Å². The van der Waals surface area contributed by atoms with Crippen LogP contribution in [0.25, 0.3) is 0 Å². The van der Waals surface area contributed by atoms with Crippen LogP contribution in [-0.4, -0.2) is 18.3 Å². The van der Waals surface area contributed by atoms with Gasteiger partial charge in [0.1, 0.15) is 5.82 Å². The van der Waals surface area contributed by atoms with Crippen molar-refractivity contribution in [2.24, 2.45) is 5.92 Å². The highest BCUT2D eigenvalue weighted by Crippen LogP contribution is 2.12. The maximum absolute atomic E-state index is 13.5. The molecule has 3 nitrogen and oxygen atoms in total. The average molecular weight is 264 g/mol. The first kappa shape index (κ1) is 15.6. The minimum Gasteiger partial charge on any atom is -0.396 e. The van der Waals surface area contributed by atoms with E-state index >= 15 is 0 Å². The van der Waals surface area contributed by atoms with Gasteiger partial charge >= 0.3 is 0 Å². The minimum absolute atomic E-state index is 0.185. The number of hydrogen-bond donors (Lipinski definition) is 2. The molecule has 104 valence electrons. The molecule has 4 heteroatoms. The van der Waals surface area contributed by atoms with Crippen LogP contribution in [0.15, 0.2) is 18.2 Å². The van der Waals surface area contributed by atoms with Crippen LogP contribution in [0.1, 0.15) is 37.3 Å². The fraction of sp³-hybridized carbons (Fsp3) is 0.533. The normalized spacial score (nSPS) is 12.1. The van der Waals surface area contributed by atoms with Crippen molar-refractivity contribution in [3.8, 4) is 6.07 Å². The molecule has 0 radical (unpaired) electrons. The first-order valence-electron chi connectivity index (χ1n) is 6.71. The van der Waals surface area contributed by atoms with Crippen molar-refractivity contribution < 1.29 is 9.50 Å². The van der Waals surface area contributed by atoms with Crippen molar-refractivity contribution in [2.45, 2.75) is 32.7 Å². The summed E-state index contributed by atoms with van der Waals surface area (Å²) < 4.78 is 13.5. The van der Waals surface area contributed by atoms with Gasteiger partial charge in [-0.2, -0.15) is 5.26 Å². The smallest absolute Gasteiger partial charge is 0.127 e. The number of nitriles is 1. The van der Waals surface area contributed by atoms with Gasteiger partial charge in [-0.05, 0) is 43.5 Å². The lowest BCUT2D eigenvalue weighted by atomic mass is 10.00. The van der Waals surface area contributed by atoms with E-state index < -0.39 is 0 Å². The third kappa shape index (κ3) is 5.37. The molecule has 1 unspecified atom stereocenters. The quantitative estimate of drug-likeness (QED) is 0.758. The Kier molecular flexibility index (Phi) is 7.09. The number of aliphatic hydroxyl groups excluding tert-OH is 1. The molecular formula is C15H21FN2O. The summed E-state index contributed by atoms with van der Waals surface area (Å²) >= 11 is 0. The van der Waals surface area contributed by atoms with E-state index in [1.165, 1.54) is 12.1 Å². The fourth-order valence-corrected chi connectivity index (χ4v) is 2.13. The lowest BCUT2D eigenvalue weighted by Crippen LogP contribution is -2.23. The van der Waals surface area contributed by atoms with Crippen molar-refractivity contribution in [1.82, 2.24) is 5.32 Å². The molecule has 0 fully saturated rings. The first-order valence-corrected chi connectivity index (χ1v) is 6.71. The molecule has 0 heterocycles. The average Bonchev–Trinajstić information content (AvgIpc) is 2.41. The second kappa shape index (κ2) is 8.63. The largest absolute Gasteiger partial charge is 0.396 e. The molecule has 19 heavy (non-hydrogen) atoms. The van der Waals surface area contributed by atoms with Crippen molar-refractivity contribution >= 4 is 0 Å². The van der Waals surface area contributed by atoms with E-state index in [-0.39, 0.29) is 12.4 Å². The Balaban J connectivity index is 2.49. The SMILES string of the molecule is CCCC(CCO)CNCc1cc(C#N)ccc1F. The van der Waals surface area contributed by atoms with Crippen molar-refractivity contribution in [3.63, 3.8) is 0 Å². The van der Waals surface area contributed by atoms with Gasteiger partial charge in [-0.1, -0.05) is 13.3 Å². The highest BCUT2D eigenvalue weighted by atomic mass is 19.1. The van der Waals surface area contributed by atoms with E-state index in [1.54, 1.807) is 6.07 Å². The fourth-order valence-electron chi connectivity index (χ4n) is 2.13. The summed E-state index contributed by atoms with van der Waals surface area (Å²) in [5.41, 5.74) is 0.983. The van der Waals surface area contributed by atoms with E-state index in [0.29, 0.717) is 23.6 Å². The van der Waals surface area contributed by atoms with Crippen molar-refractivity contribution in [1.29, 1.82) is 5.26 Å². The standard InChI is InChI=1S/C15H21FN2O/c1-2-3-12(6-7-19)10-18-11-14-8-13(9-17)4-5-15(14)16/h4-5,8,12,18-19H,2-3,6-7,10-11H2,1H3. The molecule has 1 atom stereocenters. The predicted molar refractivity (Wildman–Crippen MR) is 72.9 cm³/mol. The molecule has 0 saturated heterocycles. The second-order valence-electron chi connectivity index (χ2n) is 4.72. The van der Waals surface area contributed by atoms with Crippen LogP contribution in [0.2, 0.25) is 0 Å². The maximum Gasteiger partial charge on any atom is 0.127 e. The second-order valence-corrected chi connectivity index (χ2v) is 4.72. The highest BCUT2D eigenvalue weighted by Gasteiger charge is 2.08. The Bertz CT molecular complexity index is 423. The number of aliphatic hydroxyl groups is 1. The number of hydrogen-bond acceptors (Lipinski definition) is 3. The lowest BCUT2D eigenvalue weighted by molar-refractivity contribution is 0.248. The van der Waals surface area contributed by atoms with Gasteiger partial charge in [0.25, 0.3) is 0 Å². The summed E-state index contributed by atoms with van der Waals surface area (Å²) in [6, 6.07) is 6.38. The Labute approximate surface area is 114 Å². The summed E-state index contributed by atoms with van der Waals surface area (Å²) in [5, 5.41) is 21.0. The van der Waals surface area contributed by atoms with Gasteiger partial charge in [0.05, 0.1) is 11.6 Å². The summed E-state index contributed by atoms with van der Waals surface area (Å²) in [6.45, 7) is 3.46. The van der Waals surface area contributed by atoms with Crippen LogP contribution in [-0.2, 0) is 6.54 Å². The Hall–Kier alpha value is -1.44. The predicted octanol–water partition coefficient (Wildman–Crippen LogP) is 2.59. The zero-order valence-corrected chi connectivity index (χ0v) is 11.3. The molecule has 0 aromatic heterocycles. The van der Waals surface area contributed by atoms with Crippen LogP contribution in [0.3, 0.4) is 0 Å². The minimum atomic E-state index is -0.291. The van der Waals surface area contributed by atoms with Crippen molar-refractivity contribution in [3.05, 3.63) is 35.1 Å².